The van der Waals surface area contributed by atoms with E-state index in [1.54, 1.807) is 23.1 Å². The second-order valence-corrected chi connectivity index (χ2v) is 8.45. The van der Waals surface area contributed by atoms with Crippen LogP contribution in [0.1, 0.15) is 15.9 Å². The SMILES string of the molecule is CSc1cccc(C(=O)N(CC[NH+](C)C)c2nc3c(C)cccc3s2)c1. The maximum atomic E-state index is 13.3. The number of carbonyl (C=O) groups is 1. The van der Waals surface area contributed by atoms with Crippen LogP contribution in [0.25, 0.3) is 10.2 Å². The van der Waals surface area contributed by atoms with E-state index in [9.17, 15) is 4.79 Å². The van der Waals surface area contributed by atoms with Crippen molar-refractivity contribution in [2.45, 2.75) is 11.8 Å². The van der Waals surface area contributed by atoms with Crippen LogP contribution in [0.15, 0.2) is 47.4 Å². The first-order valence-corrected chi connectivity index (χ1v) is 10.6. The zero-order valence-corrected chi connectivity index (χ0v) is 17.2. The Labute approximate surface area is 162 Å². The molecule has 3 aromatic rings. The third-order valence-electron chi connectivity index (χ3n) is 4.24. The van der Waals surface area contributed by atoms with Gasteiger partial charge in [0.25, 0.3) is 5.91 Å². The number of hydrogen-bond donors (Lipinski definition) is 1. The minimum absolute atomic E-state index is 0.0128. The lowest BCUT2D eigenvalue weighted by atomic mass is 10.2. The highest BCUT2D eigenvalue weighted by atomic mass is 32.2. The molecule has 136 valence electrons. The number of thiazole rings is 1. The summed E-state index contributed by atoms with van der Waals surface area (Å²) in [4.78, 5) is 22.3. The summed E-state index contributed by atoms with van der Waals surface area (Å²) < 4.78 is 1.12. The first-order valence-electron chi connectivity index (χ1n) is 8.60. The van der Waals surface area contributed by atoms with Crippen molar-refractivity contribution in [1.29, 1.82) is 0 Å². The fraction of sp³-hybridized carbons (Fsp3) is 0.300. The molecule has 0 unspecified atom stereocenters. The number of fused-ring (bicyclic) bond motifs is 1. The number of amides is 1. The number of anilines is 1. The summed E-state index contributed by atoms with van der Waals surface area (Å²) in [7, 11) is 4.19. The number of likely N-dealkylation sites (N-methyl/N-ethyl adjacent to an activating group) is 1. The van der Waals surface area contributed by atoms with Crippen molar-refractivity contribution in [2.75, 3.05) is 38.3 Å². The van der Waals surface area contributed by atoms with Crippen molar-refractivity contribution >= 4 is 44.4 Å². The van der Waals surface area contributed by atoms with E-state index in [0.29, 0.717) is 12.1 Å². The van der Waals surface area contributed by atoms with Gasteiger partial charge in [-0.25, -0.2) is 4.98 Å². The summed E-state index contributed by atoms with van der Waals surface area (Å²) in [5.74, 6) is 0.0128. The van der Waals surface area contributed by atoms with E-state index in [0.717, 1.165) is 32.4 Å². The van der Waals surface area contributed by atoms with Crippen molar-refractivity contribution in [2.24, 2.45) is 0 Å². The van der Waals surface area contributed by atoms with Gasteiger partial charge in [0.1, 0.15) is 0 Å². The summed E-state index contributed by atoms with van der Waals surface area (Å²) in [5, 5.41) is 0.773. The first kappa shape index (κ1) is 18.9. The standard InChI is InChI=1S/C20H23N3OS2/c1-14-7-5-10-17-18(14)21-20(26-17)23(12-11-22(2)3)19(24)15-8-6-9-16(13-15)25-4/h5-10,13H,11-12H2,1-4H3/p+1. The number of carbonyl (C=O) groups excluding carboxylic acids is 1. The molecule has 3 rings (SSSR count). The Balaban J connectivity index is 2.00. The third kappa shape index (κ3) is 4.09. The molecule has 1 aromatic heterocycles. The zero-order chi connectivity index (χ0) is 18.7. The number of hydrogen-bond acceptors (Lipinski definition) is 4. The molecule has 0 aliphatic rings. The van der Waals surface area contributed by atoms with Crippen molar-refractivity contribution in [1.82, 2.24) is 4.98 Å². The maximum Gasteiger partial charge on any atom is 0.260 e. The molecule has 1 amide bonds. The normalized spacial score (nSPS) is 11.3. The number of nitrogens with one attached hydrogen (secondary N) is 1. The smallest absolute Gasteiger partial charge is 0.260 e. The number of rotatable bonds is 6. The molecule has 2 aromatic carbocycles. The number of thioether (sulfide) groups is 1. The first-order chi connectivity index (χ1) is 12.5. The van der Waals surface area contributed by atoms with Crippen LogP contribution in [0.2, 0.25) is 0 Å². The van der Waals surface area contributed by atoms with Gasteiger partial charge in [-0.05, 0) is 43.0 Å². The molecular weight excluding hydrogens is 362 g/mol. The highest BCUT2D eigenvalue weighted by Crippen LogP contribution is 2.31. The van der Waals surface area contributed by atoms with Gasteiger partial charge in [0, 0.05) is 10.5 Å². The molecule has 6 heteroatoms. The second kappa shape index (κ2) is 8.20. The zero-order valence-electron chi connectivity index (χ0n) is 15.6. The Bertz CT molecular complexity index is 920. The van der Waals surface area contributed by atoms with Crippen LogP contribution >= 0.6 is 23.1 Å². The summed E-state index contributed by atoms with van der Waals surface area (Å²) >= 11 is 3.23. The van der Waals surface area contributed by atoms with Gasteiger partial charge in [0.2, 0.25) is 0 Å². The quantitative estimate of drug-likeness (QED) is 0.662. The number of nitrogens with zero attached hydrogens (tertiary/aromatic N) is 2. The molecule has 0 atom stereocenters. The molecule has 0 fully saturated rings. The van der Waals surface area contributed by atoms with Gasteiger partial charge in [-0.2, -0.15) is 0 Å². The molecule has 0 spiro atoms. The molecule has 26 heavy (non-hydrogen) atoms. The van der Waals surface area contributed by atoms with Gasteiger partial charge < -0.3 is 4.90 Å². The number of para-hydroxylation sites is 1. The van der Waals surface area contributed by atoms with Crippen molar-refractivity contribution in [3.05, 3.63) is 53.6 Å². The van der Waals surface area contributed by atoms with Crippen LogP contribution in [0.3, 0.4) is 0 Å². The predicted molar refractivity (Wildman–Crippen MR) is 112 cm³/mol. The summed E-state index contributed by atoms with van der Waals surface area (Å²) in [6.45, 7) is 3.57. The second-order valence-electron chi connectivity index (χ2n) is 6.56. The fourth-order valence-electron chi connectivity index (χ4n) is 2.72. The molecule has 0 saturated heterocycles. The monoisotopic (exact) mass is 386 g/mol. The van der Waals surface area contributed by atoms with E-state index < -0.39 is 0 Å². The van der Waals surface area contributed by atoms with Crippen LogP contribution in [0, 0.1) is 6.92 Å². The maximum absolute atomic E-state index is 13.3. The number of aromatic nitrogens is 1. The Kier molecular flexibility index (Phi) is 5.96. The highest BCUT2D eigenvalue weighted by molar-refractivity contribution is 7.98. The predicted octanol–water partition coefficient (Wildman–Crippen LogP) is 3.12. The van der Waals surface area contributed by atoms with Crippen LogP contribution in [-0.2, 0) is 0 Å². The van der Waals surface area contributed by atoms with E-state index >= 15 is 0 Å². The minimum Gasteiger partial charge on any atom is -0.338 e. The van der Waals surface area contributed by atoms with Crippen molar-refractivity contribution < 1.29 is 9.69 Å². The van der Waals surface area contributed by atoms with Crippen LogP contribution in [-0.4, -0.2) is 44.3 Å². The third-order valence-corrected chi connectivity index (χ3v) is 6.01. The van der Waals surface area contributed by atoms with Gasteiger partial charge in [-0.3, -0.25) is 9.69 Å². The van der Waals surface area contributed by atoms with E-state index in [2.05, 4.69) is 33.2 Å². The summed E-state index contributed by atoms with van der Waals surface area (Å²) in [6.07, 6.45) is 2.02. The van der Waals surface area contributed by atoms with Crippen LogP contribution in [0.4, 0.5) is 5.13 Å². The van der Waals surface area contributed by atoms with E-state index in [1.165, 1.54) is 4.90 Å². The van der Waals surface area contributed by atoms with Crippen LogP contribution < -0.4 is 9.80 Å². The number of aryl methyl sites for hydroxylation is 1. The summed E-state index contributed by atoms with van der Waals surface area (Å²) in [5.41, 5.74) is 2.84. The Morgan fingerprint density at radius 3 is 2.69 bits per heavy atom. The minimum atomic E-state index is 0.0128. The lowest BCUT2D eigenvalue weighted by molar-refractivity contribution is -0.856. The molecule has 0 radical (unpaired) electrons. The van der Waals surface area contributed by atoms with Crippen molar-refractivity contribution in [3.8, 4) is 0 Å². The average molecular weight is 387 g/mol. The van der Waals surface area contributed by atoms with Crippen LogP contribution in [0.5, 0.6) is 0 Å². The summed E-state index contributed by atoms with van der Waals surface area (Å²) in [6, 6.07) is 14.0. The van der Waals surface area contributed by atoms with Gasteiger partial charge in [-0.15, -0.1) is 11.8 Å². The average Bonchev–Trinajstić information content (AvgIpc) is 3.07. The largest absolute Gasteiger partial charge is 0.338 e. The molecular formula is C20H24N3OS2+. The Hall–Kier alpha value is -1.89. The molecule has 1 N–H and O–H groups in total. The lowest BCUT2D eigenvalue weighted by Crippen LogP contribution is -3.06. The highest BCUT2D eigenvalue weighted by Gasteiger charge is 2.22. The Morgan fingerprint density at radius 2 is 2.00 bits per heavy atom. The van der Waals surface area contributed by atoms with Crippen molar-refractivity contribution in [3.63, 3.8) is 0 Å². The van der Waals surface area contributed by atoms with E-state index in [4.69, 9.17) is 4.98 Å². The molecule has 4 nitrogen and oxygen atoms in total. The van der Waals surface area contributed by atoms with E-state index in [-0.39, 0.29) is 5.91 Å². The Morgan fingerprint density at radius 1 is 1.23 bits per heavy atom. The molecule has 0 aliphatic heterocycles. The van der Waals surface area contributed by atoms with Gasteiger partial charge in [0.05, 0.1) is 37.4 Å². The molecule has 0 aliphatic carbocycles. The van der Waals surface area contributed by atoms with Gasteiger partial charge in [-0.1, -0.05) is 29.5 Å². The molecule has 0 saturated carbocycles. The molecule has 0 bridgehead atoms. The van der Waals surface area contributed by atoms with Gasteiger partial charge in [0.15, 0.2) is 5.13 Å². The van der Waals surface area contributed by atoms with E-state index in [1.807, 2.05) is 41.5 Å². The number of quaternary nitrogens is 1. The lowest BCUT2D eigenvalue weighted by Gasteiger charge is -2.21. The number of benzene rings is 2. The van der Waals surface area contributed by atoms with Gasteiger partial charge >= 0.3 is 0 Å². The topological polar surface area (TPSA) is 37.6 Å². The molecule has 1 heterocycles. The fourth-order valence-corrected chi connectivity index (χ4v) is 4.25.